The molecule has 1 unspecified atom stereocenters. The lowest BCUT2D eigenvalue weighted by molar-refractivity contribution is 0.162. The molecule has 0 saturated heterocycles. The highest BCUT2D eigenvalue weighted by atomic mass is 16.3. The van der Waals surface area contributed by atoms with E-state index in [1.165, 1.54) is 0 Å². The number of hydrogen-bond donors (Lipinski definition) is 2. The van der Waals surface area contributed by atoms with Crippen molar-refractivity contribution in [3.8, 4) is 11.1 Å². The van der Waals surface area contributed by atoms with Gasteiger partial charge >= 0.3 is 0 Å². The fraction of sp³-hybridized carbons (Fsp3) is 0.312. The van der Waals surface area contributed by atoms with Gasteiger partial charge in [0, 0.05) is 18.0 Å². The second kappa shape index (κ2) is 6.45. The summed E-state index contributed by atoms with van der Waals surface area (Å²) in [5.74, 6) is 0. The van der Waals surface area contributed by atoms with Crippen molar-refractivity contribution in [2.75, 3.05) is 0 Å². The molecule has 1 heterocycles. The SMILES string of the molecule is CCCC(O)c1cccc(-c2cccnc2)c1CO. The van der Waals surface area contributed by atoms with Crippen LogP contribution in [0.15, 0.2) is 42.7 Å². The first-order valence-corrected chi connectivity index (χ1v) is 6.59. The second-order valence-electron chi connectivity index (χ2n) is 4.58. The molecule has 3 nitrogen and oxygen atoms in total. The number of aromatic nitrogens is 1. The van der Waals surface area contributed by atoms with Crippen LogP contribution in [0.1, 0.15) is 37.0 Å². The van der Waals surface area contributed by atoms with Crippen LogP contribution in [0.25, 0.3) is 11.1 Å². The zero-order valence-electron chi connectivity index (χ0n) is 11.1. The topological polar surface area (TPSA) is 53.4 Å². The van der Waals surface area contributed by atoms with E-state index < -0.39 is 6.10 Å². The molecule has 1 aromatic carbocycles. The molecular weight excluding hydrogens is 238 g/mol. The van der Waals surface area contributed by atoms with E-state index in [0.29, 0.717) is 6.42 Å². The minimum atomic E-state index is -0.524. The average Bonchev–Trinajstić information content (AvgIpc) is 2.47. The molecule has 0 bridgehead atoms. The Balaban J connectivity index is 2.48. The van der Waals surface area contributed by atoms with Crippen LogP contribution in [0.3, 0.4) is 0 Å². The van der Waals surface area contributed by atoms with Gasteiger partial charge in [0.1, 0.15) is 0 Å². The fourth-order valence-corrected chi connectivity index (χ4v) is 2.31. The Morgan fingerprint density at radius 2 is 2.05 bits per heavy atom. The first-order chi connectivity index (χ1) is 9.27. The van der Waals surface area contributed by atoms with Crippen LogP contribution in [0.5, 0.6) is 0 Å². The van der Waals surface area contributed by atoms with Crippen molar-refractivity contribution < 1.29 is 10.2 Å². The Labute approximate surface area is 113 Å². The van der Waals surface area contributed by atoms with Crippen molar-refractivity contribution in [2.45, 2.75) is 32.5 Å². The van der Waals surface area contributed by atoms with Crippen molar-refractivity contribution in [3.63, 3.8) is 0 Å². The van der Waals surface area contributed by atoms with Gasteiger partial charge in [0.15, 0.2) is 0 Å². The predicted molar refractivity (Wildman–Crippen MR) is 75.5 cm³/mol. The van der Waals surface area contributed by atoms with Crippen LogP contribution in [0, 0.1) is 0 Å². The first kappa shape index (κ1) is 13.7. The molecule has 0 aliphatic carbocycles. The highest BCUT2D eigenvalue weighted by Gasteiger charge is 2.15. The molecule has 0 fully saturated rings. The summed E-state index contributed by atoms with van der Waals surface area (Å²) in [7, 11) is 0. The van der Waals surface area contributed by atoms with Gasteiger partial charge < -0.3 is 10.2 Å². The lowest BCUT2D eigenvalue weighted by atomic mass is 9.92. The summed E-state index contributed by atoms with van der Waals surface area (Å²) in [5, 5.41) is 19.8. The number of aliphatic hydroxyl groups excluding tert-OH is 2. The molecule has 2 rings (SSSR count). The van der Waals surface area contributed by atoms with E-state index in [0.717, 1.165) is 28.7 Å². The maximum Gasteiger partial charge on any atom is 0.0793 e. The Kier molecular flexibility index (Phi) is 4.66. The summed E-state index contributed by atoms with van der Waals surface area (Å²) in [6, 6.07) is 9.56. The monoisotopic (exact) mass is 257 g/mol. The van der Waals surface area contributed by atoms with E-state index in [-0.39, 0.29) is 6.61 Å². The molecule has 2 aromatic rings. The minimum Gasteiger partial charge on any atom is -0.392 e. The number of rotatable bonds is 5. The van der Waals surface area contributed by atoms with Crippen LogP contribution in [-0.4, -0.2) is 15.2 Å². The van der Waals surface area contributed by atoms with Crippen molar-refractivity contribution in [1.82, 2.24) is 4.98 Å². The summed E-state index contributed by atoms with van der Waals surface area (Å²) < 4.78 is 0. The number of nitrogens with zero attached hydrogens (tertiary/aromatic N) is 1. The standard InChI is InChI=1S/C16H19NO2/c1-2-5-16(19)14-8-3-7-13(15(14)11-18)12-6-4-9-17-10-12/h3-4,6-10,16,18-19H,2,5,11H2,1H3. The van der Waals surface area contributed by atoms with E-state index in [1.807, 2.05) is 37.3 Å². The lowest BCUT2D eigenvalue weighted by Gasteiger charge is -2.17. The first-order valence-electron chi connectivity index (χ1n) is 6.59. The molecule has 100 valence electrons. The predicted octanol–water partition coefficient (Wildman–Crippen LogP) is 3.07. The lowest BCUT2D eigenvalue weighted by Crippen LogP contribution is -2.04. The van der Waals surface area contributed by atoms with Gasteiger partial charge in [0.2, 0.25) is 0 Å². The maximum absolute atomic E-state index is 10.2. The highest BCUT2D eigenvalue weighted by molar-refractivity contribution is 5.68. The molecule has 1 atom stereocenters. The number of aliphatic hydroxyl groups is 2. The highest BCUT2D eigenvalue weighted by Crippen LogP contribution is 2.30. The van der Waals surface area contributed by atoms with Gasteiger partial charge in [-0.3, -0.25) is 4.98 Å². The summed E-state index contributed by atoms with van der Waals surface area (Å²) in [5.41, 5.74) is 3.49. The zero-order valence-corrected chi connectivity index (χ0v) is 11.1. The third-order valence-corrected chi connectivity index (χ3v) is 3.26. The molecule has 0 radical (unpaired) electrons. The van der Waals surface area contributed by atoms with Gasteiger partial charge in [-0.05, 0) is 29.2 Å². The molecule has 0 aliphatic rings. The summed E-state index contributed by atoms with van der Waals surface area (Å²) in [4.78, 5) is 4.10. The van der Waals surface area contributed by atoms with Gasteiger partial charge in [-0.25, -0.2) is 0 Å². The third kappa shape index (κ3) is 3.00. The van der Waals surface area contributed by atoms with Gasteiger partial charge in [-0.15, -0.1) is 0 Å². The van der Waals surface area contributed by atoms with E-state index in [9.17, 15) is 10.2 Å². The Morgan fingerprint density at radius 3 is 2.68 bits per heavy atom. The van der Waals surface area contributed by atoms with E-state index in [1.54, 1.807) is 12.4 Å². The molecule has 2 N–H and O–H groups in total. The molecular formula is C16H19NO2. The van der Waals surface area contributed by atoms with Crippen molar-refractivity contribution >= 4 is 0 Å². The number of hydrogen-bond acceptors (Lipinski definition) is 3. The van der Waals surface area contributed by atoms with Crippen LogP contribution >= 0.6 is 0 Å². The Morgan fingerprint density at radius 1 is 1.21 bits per heavy atom. The third-order valence-electron chi connectivity index (χ3n) is 3.26. The van der Waals surface area contributed by atoms with E-state index in [2.05, 4.69) is 4.98 Å². The molecule has 3 heteroatoms. The number of benzene rings is 1. The van der Waals surface area contributed by atoms with Gasteiger partial charge in [-0.1, -0.05) is 37.6 Å². The minimum absolute atomic E-state index is 0.0822. The fourth-order valence-electron chi connectivity index (χ4n) is 2.31. The molecule has 0 aliphatic heterocycles. The summed E-state index contributed by atoms with van der Waals surface area (Å²) >= 11 is 0. The molecule has 0 spiro atoms. The Hall–Kier alpha value is -1.71. The van der Waals surface area contributed by atoms with Crippen molar-refractivity contribution in [3.05, 3.63) is 53.9 Å². The molecule has 0 saturated carbocycles. The largest absolute Gasteiger partial charge is 0.392 e. The Bertz CT molecular complexity index is 526. The molecule has 19 heavy (non-hydrogen) atoms. The van der Waals surface area contributed by atoms with Crippen LogP contribution < -0.4 is 0 Å². The van der Waals surface area contributed by atoms with E-state index in [4.69, 9.17) is 0 Å². The maximum atomic E-state index is 10.2. The molecule has 1 aromatic heterocycles. The molecule has 0 amide bonds. The van der Waals surface area contributed by atoms with Crippen LogP contribution in [-0.2, 0) is 6.61 Å². The van der Waals surface area contributed by atoms with Gasteiger partial charge in [-0.2, -0.15) is 0 Å². The van der Waals surface area contributed by atoms with Gasteiger partial charge in [0.25, 0.3) is 0 Å². The second-order valence-corrected chi connectivity index (χ2v) is 4.58. The summed E-state index contributed by atoms with van der Waals surface area (Å²) in [6.45, 7) is 1.95. The normalized spacial score (nSPS) is 12.4. The van der Waals surface area contributed by atoms with Crippen molar-refractivity contribution in [1.29, 1.82) is 0 Å². The average molecular weight is 257 g/mol. The van der Waals surface area contributed by atoms with Gasteiger partial charge in [0.05, 0.1) is 12.7 Å². The van der Waals surface area contributed by atoms with E-state index >= 15 is 0 Å². The quantitative estimate of drug-likeness (QED) is 0.865. The number of pyridine rings is 1. The van der Waals surface area contributed by atoms with Crippen LogP contribution in [0.2, 0.25) is 0 Å². The van der Waals surface area contributed by atoms with Crippen molar-refractivity contribution in [2.24, 2.45) is 0 Å². The van der Waals surface area contributed by atoms with Crippen LogP contribution in [0.4, 0.5) is 0 Å². The summed E-state index contributed by atoms with van der Waals surface area (Å²) in [6.07, 6.45) is 4.57. The zero-order chi connectivity index (χ0) is 13.7. The smallest absolute Gasteiger partial charge is 0.0793 e.